The van der Waals surface area contributed by atoms with Crippen molar-refractivity contribution in [2.24, 2.45) is 10.4 Å². The fraction of sp³-hybridized carbons (Fsp3) is 0.375. The van der Waals surface area contributed by atoms with Crippen LogP contribution in [0.25, 0.3) is 0 Å². The second-order valence-corrected chi connectivity index (χ2v) is 8.67. The van der Waals surface area contributed by atoms with Crippen molar-refractivity contribution in [2.75, 3.05) is 0 Å². The topological polar surface area (TPSA) is 24.4 Å². The Labute approximate surface area is 157 Å². The standard InChI is InChI=1S/C24H28N2/c1-16-8-11-22-20(12-16)13-23(26-22)25-17(2)9-10-18-6-5-7-19-14-24(3,4)15-21(18)19/h5-8,11-12H,2,9-10,13-15H2,1,3-4H3,(H,25,26). The van der Waals surface area contributed by atoms with Gasteiger partial charge in [0, 0.05) is 12.1 Å². The highest BCUT2D eigenvalue weighted by molar-refractivity contribution is 5.93. The van der Waals surface area contributed by atoms with Crippen molar-refractivity contribution in [2.45, 2.75) is 52.9 Å². The van der Waals surface area contributed by atoms with E-state index in [1.807, 2.05) is 0 Å². The Hall–Kier alpha value is -2.35. The molecule has 134 valence electrons. The maximum absolute atomic E-state index is 4.71. The summed E-state index contributed by atoms with van der Waals surface area (Å²) in [4.78, 5) is 4.71. The molecule has 2 aliphatic rings. The van der Waals surface area contributed by atoms with E-state index in [0.29, 0.717) is 5.41 Å². The first-order chi connectivity index (χ1) is 12.4. The van der Waals surface area contributed by atoms with Gasteiger partial charge in [0.15, 0.2) is 0 Å². The number of allylic oxidation sites excluding steroid dienone is 1. The van der Waals surface area contributed by atoms with E-state index in [1.165, 1.54) is 35.1 Å². The van der Waals surface area contributed by atoms with Gasteiger partial charge in [-0.25, -0.2) is 4.99 Å². The Kier molecular flexibility index (Phi) is 4.22. The highest BCUT2D eigenvalue weighted by Crippen LogP contribution is 2.38. The lowest BCUT2D eigenvalue weighted by Gasteiger charge is -2.15. The van der Waals surface area contributed by atoms with Crippen LogP contribution in [-0.4, -0.2) is 5.84 Å². The molecule has 0 unspecified atom stereocenters. The van der Waals surface area contributed by atoms with Gasteiger partial charge in [-0.2, -0.15) is 0 Å². The quantitative estimate of drug-likeness (QED) is 0.784. The van der Waals surface area contributed by atoms with E-state index >= 15 is 0 Å². The number of aliphatic imine (C=N–C) groups is 1. The lowest BCUT2D eigenvalue weighted by Crippen LogP contribution is -2.22. The average Bonchev–Trinajstić information content (AvgIpc) is 3.10. The largest absolute Gasteiger partial charge is 0.348 e. The summed E-state index contributed by atoms with van der Waals surface area (Å²) in [5.41, 5.74) is 9.75. The molecule has 0 atom stereocenters. The Bertz CT molecular complexity index is 902. The zero-order valence-electron chi connectivity index (χ0n) is 16.2. The number of fused-ring (bicyclic) bond motifs is 2. The summed E-state index contributed by atoms with van der Waals surface area (Å²) in [5.74, 6) is 1.02. The minimum atomic E-state index is 0.399. The molecule has 0 saturated carbocycles. The van der Waals surface area contributed by atoms with E-state index in [0.717, 1.165) is 36.5 Å². The summed E-state index contributed by atoms with van der Waals surface area (Å²) in [5, 5.41) is 3.45. The Morgan fingerprint density at radius 3 is 2.85 bits per heavy atom. The molecule has 0 amide bonds. The molecule has 0 radical (unpaired) electrons. The van der Waals surface area contributed by atoms with Crippen LogP contribution in [0.2, 0.25) is 0 Å². The molecule has 0 fully saturated rings. The third-order valence-electron chi connectivity index (χ3n) is 5.56. The van der Waals surface area contributed by atoms with E-state index < -0.39 is 0 Å². The Morgan fingerprint density at radius 2 is 2.00 bits per heavy atom. The van der Waals surface area contributed by atoms with Crippen LogP contribution in [0.3, 0.4) is 0 Å². The van der Waals surface area contributed by atoms with Crippen molar-refractivity contribution in [3.8, 4) is 0 Å². The predicted molar refractivity (Wildman–Crippen MR) is 110 cm³/mol. The molecule has 0 saturated heterocycles. The highest BCUT2D eigenvalue weighted by Gasteiger charge is 2.29. The molecular formula is C24H28N2. The molecular weight excluding hydrogens is 316 g/mol. The van der Waals surface area contributed by atoms with Crippen LogP contribution < -0.4 is 5.32 Å². The normalized spacial score (nSPS) is 16.8. The van der Waals surface area contributed by atoms with Crippen LogP contribution >= 0.6 is 0 Å². The molecule has 0 spiro atoms. The number of hydrogen-bond donors (Lipinski definition) is 1. The third-order valence-corrected chi connectivity index (χ3v) is 5.56. The van der Waals surface area contributed by atoms with Gasteiger partial charge in [0.2, 0.25) is 0 Å². The highest BCUT2D eigenvalue weighted by atomic mass is 15.0. The van der Waals surface area contributed by atoms with Gasteiger partial charge in [0.1, 0.15) is 5.84 Å². The van der Waals surface area contributed by atoms with Gasteiger partial charge in [0.05, 0.1) is 5.69 Å². The maximum Gasteiger partial charge on any atom is 0.111 e. The zero-order valence-corrected chi connectivity index (χ0v) is 16.2. The van der Waals surface area contributed by atoms with E-state index in [-0.39, 0.29) is 0 Å². The predicted octanol–water partition coefficient (Wildman–Crippen LogP) is 5.44. The van der Waals surface area contributed by atoms with Crippen LogP contribution in [0.5, 0.6) is 0 Å². The lowest BCUT2D eigenvalue weighted by molar-refractivity contribution is 0.392. The maximum atomic E-state index is 4.71. The SMILES string of the molecule is C=C(CCc1cccc2c1CC(C)(C)C2)NC1=Nc2ccc(C)cc2C1. The fourth-order valence-electron chi connectivity index (χ4n) is 4.33. The van der Waals surface area contributed by atoms with Crippen LogP contribution in [-0.2, 0) is 25.7 Å². The molecule has 2 aromatic carbocycles. The third kappa shape index (κ3) is 3.46. The second kappa shape index (κ2) is 6.42. The summed E-state index contributed by atoms with van der Waals surface area (Å²) >= 11 is 0. The molecule has 2 heteroatoms. The molecule has 1 aliphatic heterocycles. The summed E-state index contributed by atoms with van der Waals surface area (Å²) in [6.07, 6.45) is 5.27. The first-order valence-corrected chi connectivity index (χ1v) is 9.61. The average molecular weight is 345 g/mol. The van der Waals surface area contributed by atoms with Gasteiger partial charge in [0.25, 0.3) is 0 Å². The number of hydrogen-bond acceptors (Lipinski definition) is 2. The summed E-state index contributed by atoms with van der Waals surface area (Å²) in [6.45, 7) is 11.1. The van der Waals surface area contributed by atoms with Crippen LogP contribution in [0.15, 0.2) is 53.7 Å². The van der Waals surface area contributed by atoms with Crippen LogP contribution in [0.4, 0.5) is 5.69 Å². The number of amidine groups is 1. The van der Waals surface area contributed by atoms with E-state index in [2.05, 4.69) is 69.1 Å². The molecule has 4 rings (SSSR count). The first kappa shape index (κ1) is 17.1. The number of nitrogens with zero attached hydrogens (tertiary/aromatic N) is 1. The molecule has 1 N–H and O–H groups in total. The van der Waals surface area contributed by atoms with Crippen molar-refractivity contribution < 1.29 is 0 Å². The lowest BCUT2D eigenvalue weighted by atomic mass is 9.89. The zero-order chi connectivity index (χ0) is 18.3. The van der Waals surface area contributed by atoms with Gasteiger partial charge >= 0.3 is 0 Å². The molecule has 2 nitrogen and oxygen atoms in total. The number of rotatable bonds is 4. The molecule has 0 aromatic heterocycles. The van der Waals surface area contributed by atoms with Crippen LogP contribution in [0, 0.1) is 12.3 Å². The Balaban J connectivity index is 1.37. The molecule has 26 heavy (non-hydrogen) atoms. The number of aryl methyl sites for hydroxylation is 2. The molecule has 0 bridgehead atoms. The first-order valence-electron chi connectivity index (χ1n) is 9.61. The summed E-state index contributed by atoms with van der Waals surface area (Å²) < 4.78 is 0. The summed E-state index contributed by atoms with van der Waals surface area (Å²) in [7, 11) is 0. The van der Waals surface area contributed by atoms with Crippen molar-refractivity contribution in [1.29, 1.82) is 0 Å². The van der Waals surface area contributed by atoms with Crippen molar-refractivity contribution in [1.82, 2.24) is 5.32 Å². The van der Waals surface area contributed by atoms with Gasteiger partial charge in [-0.3, -0.25) is 0 Å². The fourth-order valence-corrected chi connectivity index (χ4v) is 4.33. The Morgan fingerprint density at radius 1 is 1.15 bits per heavy atom. The van der Waals surface area contributed by atoms with Crippen LogP contribution in [0.1, 0.15) is 48.1 Å². The van der Waals surface area contributed by atoms with Crippen molar-refractivity contribution >= 4 is 11.5 Å². The molecule has 1 aliphatic carbocycles. The van der Waals surface area contributed by atoms with E-state index in [9.17, 15) is 0 Å². The minimum Gasteiger partial charge on any atom is -0.348 e. The second-order valence-electron chi connectivity index (χ2n) is 8.67. The summed E-state index contributed by atoms with van der Waals surface area (Å²) in [6, 6.07) is 13.3. The van der Waals surface area contributed by atoms with Gasteiger partial charge < -0.3 is 5.32 Å². The number of nitrogens with one attached hydrogen (secondary N) is 1. The van der Waals surface area contributed by atoms with Crippen molar-refractivity contribution in [3.05, 3.63) is 76.5 Å². The smallest absolute Gasteiger partial charge is 0.111 e. The molecule has 2 aromatic rings. The van der Waals surface area contributed by atoms with E-state index in [4.69, 9.17) is 4.99 Å². The number of benzene rings is 2. The van der Waals surface area contributed by atoms with Crippen molar-refractivity contribution in [3.63, 3.8) is 0 Å². The monoisotopic (exact) mass is 344 g/mol. The minimum absolute atomic E-state index is 0.399. The molecule has 1 heterocycles. The van der Waals surface area contributed by atoms with Gasteiger partial charge in [-0.05, 0) is 66.3 Å². The van der Waals surface area contributed by atoms with Gasteiger partial charge in [-0.1, -0.05) is 56.3 Å². The van der Waals surface area contributed by atoms with Gasteiger partial charge in [-0.15, -0.1) is 0 Å². The van der Waals surface area contributed by atoms with E-state index in [1.54, 1.807) is 5.56 Å².